The smallest absolute Gasteiger partial charge is 0.176 e. The molecule has 0 unspecified atom stereocenters. The van der Waals surface area contributed by atoms with Gasteiger partial charge in [0.15, 0.2) is 5.65 Å². The summed E-state index contributed by atoms with van der Waals surface area (Å²) in [5.41, 5.74) is -0.226. The standard InChI is InChI=1S/C17H11ClF3N5/c18-15-14(13-11(20)3-10(19)4-12(13)21)17(23-6-8-1-2-8)26-16(25-15)9(5-22)7-24-26/h3-4,7-8,23H,1-2,6H2. The summed E-state index contributed by atoms with van der Waals surface area (Å²) in [5, 5.41) is 16.1. The van der Waals surface area contributed by atoms with Crippen LogP contribution in [0.25, 0.3) is 16.8 Å². The van der Waals surface area contributed by atoms with Gasteiger partial charge in [-0.05, 0) is 18.8 Å². The summed E-state index contributed by atoms with van der Waals surface area (Å²) in [5.74, 6) is -2.59. The van der Waals surface area contributed by atoms with Gasteiger partial charge in [-0.2, -0.15) is 14.9 Å². The lowest BCUT2D eigenvalue weighted by Gasteiger charge is -2.16. The molecular weight excluding hydrogens is 367 g/mol. The average Bonchev–Trinajstić information content (AvgIpc) is 3.32. The molecule has 0 spiro atoms. The van der Waals surface area contributed by atoms with Gasteiger partial charge >= 0.3 is 0 Å². The van der Waals surface area contributed by atoms with Crippen molar-refractivity contribution >= 4 is 23.1 Å². The molecule has 0 bridgehead atoms. The molecule has 1 fully saturated rings. The van der Waals surface area contributed by atoms with Gasteiger partial charge in [0.1, 0.15) is 40.1 Å². The van der Waals surface area contributed by atoms with Crippen LogP contribution in [0.3, 0.4) is 0 Å². The quantitative estimate of drug-likeness (QED) is 0.693. The normalized spacial score (nSPS) is 13.8. The monoisotopic (exact) mass is 377 g/mol. The number of hydrogen-bond acceptors (Lipinski definition) is 4. The first-order valence-corrected chi connectivity index (χ1v) is 8.23. The minimum absolute atomic E-state index is 0.0672. The van der Waals surface area contributed by atoms with Crippen molar-refractivity contribution < 1.29 is 13.2 Å². The van der Waals surface area contributed by atoms with Gasteiger partial charge < -0.3 is 5.32 Å². The third-order valence-electron chi connectivity index (χ3n) is 4.24. The highest BCUT2D eigenvalue weighted by Crippen LogP contribution is 2.39. The number of nitrogens with zero attached hydrogens (tertiary/aromatic N) is 4. The van der Waals surface area contributed by atoms with E-state index in [0.29, 0.717) is 24.6 Å². The number of fused-ring (bicyclic) bond motifs is 1. The number of rotatable bonds is 4. The number of nitriles is 1. The fourth-order valence-corrected chi connectivity index (χ4v) is 3.04. The molecule has 1 saturated carbocycles. The van der Waals surface area contributed by atoms with E-state index in [1.807, 2.05) is 6.07 Å². The molecule has 1 aliphatic rings. The van der Waals surface area contributed by atoms with Crippen LogP contribution in [-0.2, 0) is 0 Å². The summed E-state index contributed by atoms with van der Waals surface area (Å²) in [6, 6.07) is 3.09. The van der Waals surface area contributed by atoms with Crippen molar-refractivity contribution in [3.63, 3.8) is 0 Å². The second kappa shape index (κ2) is 6.18. The van der Waals surface area contributed by atoms with Gasteiger partial charge in [-0.1, -0.05) is 11.6 Å². The van der Waals surface area contributed by atoms with Gasteiger partial charge in [-0.15, -0.1) is 0 Å². The lowest BCUT2D eigenvalue weighted by molar-refractivity contribution is 0.548. The van der Waals surface area contributed by atoms with E-state index < -0.39 is 23.0 Å². The molecule has 26 heavy (non-hydrogen) atoms. The van der Waals surface area contributed by atoms with Crippen LogP contribution in [-0.4, -0.2) is 21.1 Å². The number of aromatic nitrogens is 3. The topological polar surface area (TPSA) is 66.0 Å². The van der Waals surface area contributed by atoms with E-state index in [-0.39, 0.29) is 27.7 Å². The van der Waals surface area contributed by atoms with E-state index in [4.69, 9.17) is 11.6 Å². The highest BCUT2D eigenvalue weighted by atomic mass is 35.5. The molecule has 1 aromatic carbocycles. The Morgan fingerprint density at radius 3 is 2.54 bits per heavy atom. The van der Waals surface area contributed by atoms with Crippen LogP contribution in [0.5, 0.6) is 0 Å². The van der Waals surface area contributed by atoms with E-state index in [0.717, 1.165) is 12.8 Å². The first-order valence-electron chi connectivity index (χ1n) is 7.85. The summed E-state index contributed by atoms with van der Waals surface area (Å²) in [6.45, 7) is 0.550. The van der Waals surface area contributed by atoms with Crippen molar-refractivity contribution in [3.8, 4) is 17.2 Å². The predicted octanol–water partition coefficient (Wildman–Crippen LogP) is 4.16. The number of hydrogen-bond donors (Lipinski definition) is 1. The first kappa shape index (κ1) is 16.7. The molecule has 2 aromatic heterocycles. The van der Waals surface area contributed by atoms with Crippen LogP contribution in [0.1, 0.15) is 18.4 Å². The molecule has 9 heteroatoms. The van der Waals surface area contributed by atoms with Crippen molar-refractivity contribution in [3.05, 3.63) is 46.5 Å². The van der Waals surface area contributed by atoms with E-state index in [9.17, 15) is 18.4 Å². The van der Waals surface area contributed by atoms with Gasteiger partial charge in [0.2, 0.25) is 0 Å². The average molecular weight is 378 g/mol. The maximum Gasteiger partial charge on any atom is 0.176 e. The van der Waals surface area contributed by atoms with Crippen molar-refractivity contribution in [1.82, 2.24) is 14.6 Å². The van der Waals surface area contributed by atoms with Crippen molar-refractivity contribution in [1.29, 1.82) is 5.26 Å². The van der Waals surface area contributed by atoms with Crippen LogP contribution in [0.15, 0.2) is 18.3 Å². The van der Waals surface area contributed by atoms with Crippen molar-refractivity contribution in [2.75, 3.05) is 11.9 Å². The lowest BCUT2D eigenvalue weighted by Crippen LogP contribution is -2.12. The molecule has 4 rings (SSSR count). The van der Waals surface area contributed by atoms with Gasteiger partial charge in [0.25, 0.3) is 0 Å². The molecule has 1 aliphatic carbocycles. The van der Waals surface area contributed by atoms with Crippen molar-refractivity contribution in [2.45, 2.75) is 12.8 Å². The molecule has 2 heterocycles. The third-order valence-corrected chi connectivity index (χ3v) is 4.51. The summed E-state index contributed by atoms with van der Waals surface area (Å²) >= 11 is 6.21. The molecule has 5 nitrogen and oxygen atoms in total. The van der Waals surface area contributed by atoms with Gasteiger partial charge in [-0.25, -0.2) is 18.2 Å². The van der Waals surface area contributed by atoms with E-state index in [1.54, 1.807) is 0 Å². The molecule has 0 atom stereocenters. The fourth-order valence-electron chi connectivity index (χ4n) is 2.77. The maximum atomic E-state index is 14.4. The summed E-state index contributed by atoms with van der Waals surface area (Å²) in [7, 11) is 0. The lowest BCUT2D eigenvalue weighted by atomic mass is 10.1. The Labute approximate surface area is 151 Å². The minimum atomic E-state index is -1.10. The molecule has 0 amide bonds. The zero-order chi connectivity index (χ0) is 18.4. The van der Waals surface area contributed by atoms with E-state index in [2.05, 4.69) is 15.4 Å². The molecule has 132 valence electrons. The van der Waals surface area contributed by atoms with Crippen molar-refractivity contribution in [2.24, 2.45) is 5.92 Å². The second-order valence-corrected chi connectivity index (χ2v) is 6.46. The Kier molecular flexibility index (Phi) is 3.96. The molecular formula is C17H11ClF3N5. The first-order chi connectivity index (χ1) is 12.5. The summed E-state index contributed by atoms with van der Waals surface area (Å²) < 4.78 is 43.3. The number of nitrogens with one attached hydrogen (secondary N) is 1. The molecule has 0 saturated heterocycles. The molecule has 3 aromatic rings. The number of halogens is 4. The zero-order valence-corrected chi connectivity index (χ0v) is 14.0. The van der Waals surface area contributed by atoms with Gasteiger partial charge in [0, 0.05) is 18.7 Å². The van der Waals surface area contributed by atoms with Crippen LogP contribution < -0.4 is 5.32 Å². The van der Waals surface area contributed by atoms with Crippen LogP contribution in [0.2, 0.25) is 5.15 Å². The third kappa shape index (κ3) is 2.74. The fraction of sp³-hybridized carbons (Fsp3) is 0.235. The second-order valence-electron chi connectivity index (χ2n) is 6.10. The summed E-state index contributed by atoms with van der Waals surface area (Å²) in [4.78, 5) is 4.07. The van der Waals surface area contributed by atoms with Crippen LogP contribution in [0.4, 0.5) is 19.0 Å². The van der Waals surface area contributed by atoms with Crippen LogP contribution in [0, 0.1) is 34.7 Å². The van der Waals surface area contributed by atoms with Gasteiger partial charge in [0.05, 0.1) is 17.3 Å². The predicted molar refractivity (Wildman–Crippen MR) is 89.2 cm³/mol. The number of anilines is 1. The van der Waals surface area contributed by atoms with Gasteiger partial charge in [-0.3, -0.25) is 0 Å². The minimum Gasteiger partial charge on any atom is -0.369 e. The Morgan fingerprint density at radius 2 is 1.92 bits per heavy atom. The highest BCUT2D eigenvalue weighted by molar-refractivity contribution is 6.33. The van der Waals surface area contributed by atoms with E-state index in [1.165, 1.54) is 10.7 Å². The number of benzene rings is 1. The SMILES string of the molecule is N#Cc1cnn2c(NCC3CC3)c(-c3c(F)cc(F)cc3F)c(Cl)nc12. The zero-order valence-electron chi connectivity index (χ0n) is 13.2. The Balaban J connectivity index is 2.00. The van der Waals surface area contributed by atoms with E-state index >= 15 is 0 Å². The molecule has 1 N–H and O–H groups in total. The van der Waals surface area contributed by atoms with Crippen LogP contribution >= 0.6 is 11.6 Å². The Bertz CT molecular complexity index is 1050. The molecule has 0 aliphatic heterocycles. The molecule has 0 radical (unpaired) electrons. The highest BCUT2D eigenvalue weighted by Gasteiger charge is 2.27. The Hall–Kier alpha value is -2.79. The summed E-state index contributed by atoms with van der Waals surface area (Å²) in [6.07, 6.45) is 3.39. The largest absolute Gasteiger partial charge is 0.369 e. The Morgan fingerprint density at radius 1 is 1.23 bits per heavy atom. The maximum absolute atomic E-state index is 14.4.